The van der Waals surface area contributed by atoms with Crippen molar-refractivity contribution in [2.45, 2.75) is 0 Å². The summed E-state index contributed by atoms with van der Waals surface area (Å²) in [6.07, 6.45) is 4.07. The van der Waals surface area contributed by atoms with E-state index < -0.39 is 11.9 Å². The van der Waals surface area contributed by atoms with Gasteiger partial charge in [-0.3, -0.25) is 0 Å². The van der Waals surface area contributed by atoms with Crippen molar-refractivity contribution in [3.05, 3.63) is 119 Å². The third kappa shape index (κ3) is 4.82. The second-order valence-corrected chi connectivity index (χ2v) is 7.34. The highest BCUT2D eigenvalue weighted by Crippen LogP contribution is 2.23. The van der Waals surface area contributed by atoms with Gasteiger partial charge in [-0.25, -0.2) is 9.59 Å². The zero-order chi connectivity index (χ0) is 22.5. The summed E-state index contributed by atoms with van der Waals surface area (Å²) in [6, 6.07) is 29.8. The van der Waals surface area contributed by atoms with Crippen LogP contribution in [0.3, 0.4) is 0 Å². The number of hydrogen-bond acceptors (Lipinski definition) is 2. The molecule has 0 radical (unpaired) electrons. The van der Waals surface area contributed by atoms with Crippen LogP contribution in [0.15, 0.2) is 97.1 Å². The summed E-state index contributed by atoms with van der Waals surface area (Å²) < 4.78 is 0. The first-order valence-corrected chi connectivity index (χ1v) is 10.1. The second kappa shape index (κ2) is 9.14. The predicted molar refractivity (Wildman–Crippen MR) is 127 cm³/mol. The number of benzene rings is 4. The summed E-state index contributed by atoms with van der Waals surface area (Å²) in [6.45, 7) is 0. The number of hydrogen-bond donors (Lipinski definition) is 2. The minimum atomic E-state index is -0.929. The third-order valence-electron chi connectivity index (χ3n) is 5.22. The molecule has 156 valence electrons. The van der Waals surface area contributed by atoms with Gasteiger partial charge in [0, 0.05) is 0 Å². The zero-order valence-electron chi connectivity index (χ0n) is 17.1. The molecule has 0 aliphatic carbocycles. The quantitative estimate of drug-likeness (QED) is 0.345. The largest absolute Gasteiger partial charge is 0.478 e. The van der Waals surface area contributed by atoms with Crippen molar-refractivity contribution in [2.75, 3.05) is 0 Å². The zero-order valence-corrected chi connectivity index (χ0v) is 17.1. The third-order valence-corrected chi connectivity index (χ3v) is 5.22. The van der Waals surface area contributed by atoms with Gasteiger partial charge in [-0.2, -0.15) is 0 Å². The van der Waals surface area contributed by atoms with Gasteiger partial charge in [0.25, 0.3) is 0 Å². The Morgan fingerprint density at radius 3 is 0.938 bits per heavy atom. The van der Waals surface area contributed by atoms with Crippen LogP contribution < -0.4 is 0 Å². The molecule has 0 bridgehead atoms. The highest BCUT2D eigenvalue weighted by Gasteiger charge is 2.04. The van der Waals surface area contributed by atoms with Crippen LogP contribution in [0, 0.1) is 0 Å². The normalized spacial score (nSPS) is 10.9. The lowest BCUT2D eigenvalue weighted by Gasteiger charge is -2.04. The Morgan fingerprint density at radius 2 is 0.688 bits per heavy atom. The molecular formula is C28H20O4. The first-order chi connectivity index (χ1) is 15.5. The Kier molecular flexibility index (Phi) is 5.95. The fraction of sp³-hybridized carbons (Fsp3) is 0. The maximum atomic E-state index is 11.0. The lowest BCUT2D eigenvalue weighted by molar-refractivity contribution is 0.0686. The van der Waals surface area contributed by atoms with Gasteiger partial charge in [0.05, 0.1) is 11.1 Å². The molecule has 0 atom stereocenters. The minimum absolute atomic E-state index is 0.275. The Bertz CT molecular complexity index is 1160. The number of carbonyl (C=O) groups is 2. The first kappa shape index (κ1) is 20.8. The van der Waals surface area contributed by atoms with Gasteiger partial charge < -0.3 is 10.2 Å². The van der Waals surface area contributed by atoms with Crippen molar-refractivity contribution in [2.24, 2.45) is 0 Å². The van der Waals surface area contributed by atoms with Crippen LogP contribution >= 0.6 is 0 Å². The van der Waals surface area contributed by atoms with E-state index in [1.807, 2.05) is 84.9 Å². The molecule has 0 heterocycles. The second-order valence-electron chi connectivity index (χ2n) is 7.34. The maximum absolute atomic E-state index is 11.0. The van der Waals surface area contributed by atoms with Crippen LogP contribution in [0.2, 0.25) is 0 Å². The Labute approximate surface area is 185 Å². The van der Waals surface area contributed by atoms with Gasteiger partial charge in [0.1, 0.15) is 0 Å². The van der Waals surface area contributed by atoms with Gasteiger partial charge >= 0.3 is 11.9 Å². The summed E-state index contributed by atoms with van der Waals surface area (Å²) in [5.41, 5.74) is 6.66. The van der Waals surface area contributed by atoms with E-state index in [1.54, 1.807) is 24.3 Å². The highest BCUT2D eigenvalue weighted by atomic mass is 16.4. The van der Waals surface area contributed by atoms with Crippen molar-refractivity contribution in [3.8, 4) is 22.3 Å². The van der Waals surface area contributed by atoms with Crippen LogP contribution in [0.4, 0.5) is 0 Å². The van der Waals surface area contributed by atoms with E-state index in [1.165, 1.54) is 0 Å². The van der Waals surface area contributed by atoms with Crippen molar-refractivity contribution < 1.29 is 19.8 Å². The molecule has 4 nitrogen and oxygen atoms in total. The van der Waals surface area contributed by atoms with Crippen molar-refractivity contribution in [3.63, 3.8) is 0 Å². The Hall–Kier alpha value is -4.44. The van der Waals surface area contributed by atoms with E-state index in [-0.39, 0.29) is 11.1 Å². The Balaban J connectivity index is 1.43. The van der Waals surface area contributed by atoms with E-state index in [4.69, 9.17) is 10.2 Å². The average Bonchev–Trinajstić information content (AvgIpc) is 2.83. The molecule has 0 aliphatic heterocycles. The van der Waals surface area contributed by atoms with Gasteiger partial charge in [0.15, 0.2) is 0 Å². The average molecular weight is 420 g/mol. The molecule has 32 heavy (non-hydrogen) atoms. The fourth-order valence-corrected chi connectivity index (χ4v) is 3.38. The molecule has 4 rings (SSSR count). The fourth-order valence-electron chi connectivity index (χ4n) is 3.38. The summed E-state index contributed by atoms with van der Waals surface area (Å²) >= 11 is 0. The standard InChI is InChI=1S/C28H20O4/c29-27(30)25-15-11-23(12-16-25)21-7-3-19(4-8-21)1-2-20-5-9-22(10-6-20)24-13-17-26(18-14-24)28(31)32/h1-18H,(H,29,30)(H,31,32). The van der Waals surface area contributed by atoms with E-state index in [0.29, 0.717) is 0 Å². The first-order valence-electron chi connectivity index (χ1n) is 10.1. The molecule has 0 aliphatic rings. The summed E-state index contributed by atoms with van der Waals surface area (Å²) in [5.74, 6) is -1.86. The van der Waals surface area contributed by atoms with Crippen LogP contribution in [0.5, 0.6) is 0 Å². The van der Waals surface area contributed by atoms with E-state index in [0.717, 1.165) is 33.4 Å². The van der Waals surface area contributed by atoms with E-state index >= 15 is 0 Å². The van der Waals surface area contributed by atoms with Crippen LogP contribution in [0.25, 0.3) is 34.4 Å². The van der Waals surface area contributed by atoms with Crippen molar-refractivity contribution in [1.29, 1.82) is 0 Å². The van der Waals surface area contributed by atoms with E-state index in [2.05, 4.69) is 0 Å². The smallest absolute Gasteiger partial charge is 0.335 e. The van der Waals surface area contributed by atoms with E-state index in [9.17, 15) is 9.59 Å². The monoisotopic (exact) mass is 420 g/mol. The van der Waals surface area contributed by atoms with Crippen molar-refractivity contribution >= 4 is 24.1 Å². The number of rotatable bonds is 6. The molecule has 0 fully saturated rings. The summed E-state index contributed by atoms with van der Waals surface area (Å²) in [5, 5.41) is 18.0. The molecule has 4 aromatic carbocycles. The molecule has 4 aromatic rings. The Morgan fingerprint density at radius 1 is 0.438 bits per heavy atom. The molecule has 4 heteroatoms. The summed E-state index contributed by atoms with van der Waals surface area (Å²) in [4.78, 5) is 22.0. The minimum Gasteiger partial charge on any atom is -0.478 e. The van der Waals surface area contributed by atoms with Gasteiger partial charge in [-0.15, -0.1) is 0 Å². The molecule has 0 spiro atoms. The number of carboxylic acids is 2. The molecule has 0 unspecified atom stereocenters. The van der Waals surface area contributed by atoms with Gasteiger partial charge in [0.2, 0.25) is 0 Å². The lowest BCUT2D eigenvalue weighted by Crippen LogP contribution is -1.94. The molecule has 0 saturated heterocycles. The highest BCUT2D eigenvalue weighted by molar-refractivity contribution is 5.89. The van der Waals surface area contributed by atoms with Crippen LogP contribution in [-0.4, -0.2) is 22.2 Å². The SMILES string of the molecule is O=C(O)c1ccc(-c2ccc(C=Cc3ccc(-c4ccc(C(=O)O)cc4)cc3)cc2)cc1. The van der Waals surface area contributed by atoms with Gasteiger partial charge in [-0.05, 0) is 57.6 Å². The lowest BCUT2D eigenvalue weighted by atomic mass is 10.0. The van der Waals surface area contributed by atoms with Crippen LogP contribution in [0.1, 0.15) is 31.8 Å². The van der Waals surface area contributed by atoms with Crippen molar-refractivity contribution in [1.82, 2.24) is 0 Å². The molecule has 0 saturated carbocycles. The maximum Gasteiger partial charge on any atom is 0.335 e. The summed E-state index contributed by atoms with van der Waals surface area (Å²) in [7, 11) is 0. The number of carboxylic acid groups (broad SMARTS) is 2. The molecule has 0 aromatic heterocycles. The molecule has 2 N–H and O–H groups in total. The predicted octanol–water partition coefficient (Wildman–Crippen LogP) is 6.59. The molecule has 0 amide bonds. The number of aromatic carboxylic acids is 2. The molecular weight excluding hydrogens is 400 g/mol. The van der Waals surface area contributed by atoms with Crippen LogP contribution in [-0.2, 0) is 0 Å². The topological polar surface area (TPSA) is 74.6 Å². The van der Waals surface area contributed by atoms with Gasteiger partial charge in [-0.1, -0.05) is 84.9 Å².